The molecule has 1 heterocycles. The van der Waals surface area contributed by atoms with Gasteiger partial charge in [0.2, 0.25) is 17.6 Å². The fourth-order valence-electron chi connectivity index (χ4n) is 1.68. The van der Waals surface area contributed by atoms with E-state index in [1.54, 1.807) is 5.32 Å². The van der Waals surface area contributed by atoms with Crippen LogP contribution in [-0.2, 0) is 9.59 Å². The normalized spacial score (nSPS) is 14.8. The van der Waals surface area contributed by atoms with Crippen LogP contribution in [0.25, 0.3) is 0 Å². The van der Waals surface area contributed by atoms with E-state index < -0.39 is 51.7 Å². The van der Waals surface area contributed by atoms with Crippen molar-refractivity contribution in [1.29, 1.82) is 0 Å². The number of benzene rings is 1. The Balaban J connectivity index is 2.39. The van der Waals surface area contributed by atoms with E-state index >= 15 is 0 Å². The maximum absolute atomic E-state index is 13.4. The Morgan fingerprint density at radius 1 is 0.857 bits per heavy atom. The maximum Gasteiger partial charge on any atom is 0.236 e. The Hall–Kier alpha value is -2.10. The number of thiocarbonyl (C=S) groups is 1. The molecule has 1 aliphatic rings. The second-order valence-electron chi connectivity index (χ2n) is 4.00. The van der Waals surface area contributed by atoms with Crippen LogP contribution in [-0.4, -0.2) is 21.8 Å². The predicted molar refractivity (Wildman–Crippen MR) is 63.5 cm³/mol. The van der Waals surface area contributed by atoms with Gasteiger partial charge in [-0.25, -0.2) is 26.9 Å². The number of nitrogens with zero attached hydrogens (tertiary/aromatic N) is 1. The van der Waals surface area contributed by atoms with E-state index in [0.29, 0.717) is 4.90 Å². The third-order valence-corrected chi connectivity index (χ3v) is 2.98. The first-order valence-electron chi connectivity index (χ1n) is 5.44. The molecule has 1 aromatic rings. The molecule has 2 rings (SSSR count). The van der Waals surface area contributed by atoms with E-state index in [9.17, 15) is 31.5 Å². The van der Waals surface area contributed by atoms with E-state index in [2.05, 4.69) is 12.2 Å². The number of halogens is 5. The van der Waals surface area contributed by atoms with E-state index in [1.807, 2.05) is 0 Å². The SMILES string of the molecule is O=C1CCC(=O)N1C(=S)Nc1c(F)c(F)c(F)c(F)c1F. The minimum absolute atomic E-state index is 0.155. The first-order chi connectivity index (χ1) is 9.75. The molecule has 112 valence electrons. The Morgan fingerprint density at radius 3 is 1.67 bits per heavy atom. The van der Waals surface area contributed by atoms with Crippen molar-refractivity contribution >= 4 is 34.8 Å². The lowest BCUT2D eigenvalue weighted by Crippen LogP contribution is -2.39. The minimum atomic E-state index is -2.32. The highest BCUT2D eigenvalue weighted by molar-refractivity contribution is 7.80. The lowest BCUT2D eigenvalue weighted by atomic mass is 10.2. The number of nitrogens with one attached hydrogen (secondary N) is 1. The van der Waals surface area contributed by atoms with Crippen molar-refractivity contribution in [3.05, 3.63) is 29.1 Å². The second kappa shape index (κ2) is 5.35. The average molecular weight is 324 g/mol. The molecule has 4 nitrogen and oxygen atoms in total. The zero-order valence-electron chi connectivity index (χ0n) is 9.98. The topological polar surface area (TPSA) is 49.4 Å². The molecule has 0 saturated carbocycles. The molecule has 21 heavy (non-hydrogen) atoms. The molecule has 1 aliphatic heterocycles. The summed E-state index contributed by atoms with van der Waals surface area (Å²) >= 11 is 4.59. The maximum atomic E-state index is 13.4. The van der Waals surface area contributed by atoms with E-state index in [4.69, 9.17) is 0 Å². The Labute approximate surface area is 119 Å². The van der Waals surface area contributed by atoms with Crippen LogP contribution in [0, 0.1) is 29.1 Å². The molecule has 0 radical (unpaired) electrons. The molecule has 0 bridgehead atoms. The van der Waals surface area contributed by atoms with Crippen LogP contribution < -0.4 is 5.32 Å². The van der Waals surface area contributed by atoms with Crippen molar-refractivity contribution in [2.24, 2.45) is 0 Å². The molecule has 1 aromatic carbocycles. The standard InChI is InChI=1S/C11H5F5N2O2S/c12-5-6(13)8(15)10(9(16)7(5)14)17-11(21)18-3(19)1-2-4(18)20/h1-2H2,(H,17,21). The number of rotatable bonds is 1. The van der Waals surface area contributed by atoms with Crippen LogP contribution in [0.5, 0.6) is 0 Å². The van der Waals surface area contributed by atoms with Gasteiger partial charge in [0, 0.05) is 12.8 Å². The van der Waals surface area contributed by atoms with Crippen molar-refractivity contribution in [2.75, 3.05) is 5.32 Å². The van der Waals surface area contributed by atoms with Gasteiger partial charge < -0.3 is 5.32 Å². The fraction of sp³-hybridized carbons (Fsp3) is 0.182. The molecule has 0 aromatic heterocycles. The Kier molecular flexibility index (Phi) is 3.90. The van der Waals surface area contributed by atoms with Gasteiger partial charge in [0.05, 0.1) is 0 Å². The van der Waals surface area contributed by atoms with Crippen LogP contribution in [0.3, 0.4) is 0 Å². The number of hydrogen-bond acceptors (Lipinski definition) is 3. The monoisotopic (exact) mass is 324 g/mol. The molecule has 2 amide bonds. The number of imide groups is 1. The fourth-order valence-corrected chi connectivity index (χ4v) is 1.99. The zero-order chi connectivity index (χ0) is 15.9. The van der Waals surface area contributed by atoms with Gasteiger partial charge in [0.15, 0.2) is 28.4 Å². The van der Waals surface area contributed by atoms with Crippen LogP contribution in [0.1, 0.15) is 12.8 Å². The van der Waals surface area contributed by atoms with Crippen LogP contribution in [0.4, 0.5) is 27.6 Å². The van der Waals surface area contributed by atoms with Crippen LogP contribution >= 0.6 is 12.2 Å². The third-order valence-electron chi connectivity index (χ3n) is 2.70. The quantitative estimate of drug-likeness (QED) is 0.283. The first kappa shape index (κ1) is 15.3. The summed E-state index contributed by atoms with van der Waals surface area (Å²) in [6, 6.07) is 0. The predicted octanol–water partition coefficient (Wildman–Crippen LogP) is 2.23. The van der Waals surface area contributed by atoms with E-state index in [0.717, 1.165) is 0 Å². The summed E-state index contributed by atoms with van der Waals surface area (Å²) in [5.74, 6) is -12.4. The van der Waals surface area contributed by atoms with Gasteiger partial charge in [0.25, 0.3) is 0 Å². The molecule has 1 saturated heterocycles. The number of amides is 2. The Bertz CT molecular complexity index is 634. The summed E-state index contributed by atoms with van der Waals surface area (Å²) in [6.45, 7) is 0. The number of carbonyl (C=O) groups is 2. The van der Waals surface area contributed by atoms with Crippen LogP contribution in [0.15, 0.2) is 0 Å². The van der Waals surface area contributed by atoms with Gasteiger partial charge >= 0.3 is 0 Å². The molecular formula is C11H5F5N2O2S. The largest absolute Gasteiger partial charge is 0.327 e. The number of anilines is 1. The second-order valence-corrected chi connectivity index (χ2v) is 4.38. The Morgan fingerprint density at radius 2 is 1.24 bits per heavy atom. The molecule has 1 N–H and O–H groups in total. The molecular weight excluding hydrogens is 319 g/mol. The summed E-state index contributed by atoms with van der Waals surface area (Å²) in [5.41, 5.74) is -1.43. The van der Waals surface area contributed by atoms with Crippen molar-refractivity contribution in [1.82, 2.24) is 4.90 Å². The number of likely N-dealkylation sites (tertiary alicyclic amines) is 1. The van der Waals surface area contributed by atoms with Gasteiger partial charge in [-0.3, -0.25) is 9.59 Å². The summed E-state index contributed by atoms with van der Waals surface area (Å²) in [4.78, 5) is 23.1. The molecule has 10 heteroatoms. The summed E-state index contributed by atoms with van der Waals surface area (Å²) in [7, 11) is 0. The van der Waals surface area contributed by atoms with Gasteiger partial charge in [-0.15, -0.1) is 0 Å². The van der Waals surface area contributed by atoms with Gasteiger partial charge in [-0.05, 0) is 12.2 Å². The molecule has 0 aliphatic carbocycles. The highest BCUT2D eigenvalue weighted by Crippen LogP contribution is 2.27. The number of hydrogen-bond donors (Lipinski definition) is 1. The lowest BCUT2D eigenvalue weighted by molar-refractivity contribution is -0.133. The van der Waals surface area contributed by atoms with Crippen molar-refractivity contribution < 1.29 is 31.5 Å². The minimum Gasteiger partial charge on any atom is -0.327 e. The van der Waals surface area contributed by atoms with Crippen molar-refractivity contribution in [2.45, 2.75) is 12.8 Å². The highest BCUT2D eigenvalue weighted by Gasteiger charge is 2.34. The van der Waals surface area contributed by atoms with Crippen LogP contribution in [0.2, 0.25) is 0 Å². The van der Waals surface area contributed by atoms with E-state index in [1.165, 1.54) is 0 Å². The molecule has 1 fully saturated rings. The first-order valence-corrected chi connectivity index (χ1v) is 5.84. The van der Waals surface area contributed by atoms with Crippen molar-refractivity contribution in [3.63, 3.8) is 0 Å². The molecule has 0 spiro atoms. The van der Waals surface area contributed by atoms with Gasteiger partial charge in [-0.2, -0.15) is 0 Å². The zero-order valence-corrected chi connectivity index (χ0v) is 10.8. The summed E-state index contributed by atoms with van der Waals surface area (Å²) in [6.07, 6.45) is -0.310. The third kappa shape index (κ3) is 2.46. The van der Waals surface area contributed by atoms with Gasteiger partial charge in [0.1, 0.15) is 5.69 Å². The molecule has 0 unspecified atom stereocenters. The highest BCUT2D eigenvalue weighted by atomic mass is 32.1. The van der Waals surface area contributed by atoms with E-state index in [-0.39, 0.29) is 12.8 Å². The summed E-state index contributed by atoms with van der Waals surface area (Å²) in [5, 5.41) is 0.951. The summed E-state index contributed by atoms with van der Waals surface area (Å²) < 4.78 is 65.7. The van der Waals surface area contributed by atoms with Gasteiger partial charge in [-0.1, -0.05) is 0 Å². The lowest BCUT2D eigenvalue weighted by Gasteiger charge is -2.17. The average Bonchev–Trinajstić information content (AvgIpc) is 2.78. The smallest absolute Gasteiger partial charge is 0.236 e. The number of carbonyl (C=O) groups excluding carboxylic acids is 2. The molecule has 0 atom stereocenters. The van der Waals surface area contributed by atoms with Crippen molar-refractivity contribution in [3.8, 4) is 0 Å².